The highest BCUT2D eigenvalue weighted by Crippen LogP contribution is 2.36. The Labute approximate surface area is 96.9 Å². The minimum atomic E-state index is -4.53. The molecular formula is C11H14F3NO2. The Kier molecular flexibility index (Phi) is 3.54. The fourth-order valence-corrected chi connectivity index (χ4v) is 2.12. The summed E-state index contributed by atoms with van der Waals surface area (Å²) in [6.07, 6.45) is -3.60. The van der Waals surface area contributed by atoms with Gasteiger partial charge in [-0.15, -0.1) is 0 Å². The zero-order valence-corrected chi connectivity index (χ0v) is 9.85. The van der Waals surface area contributed by atoms with Gasteiger partial charge in [0, 0.05) is 7.05 Å². The van der Waals surface area contributed by atoms with E-state index in [0.29, 0.717) is 12.8 Å². The van der Waals surface area contributed by atoms with Crippen molar-refractivity contribution in [1.29, 1.82) is 0 Å². The van der Waals surface area contributed by atoms with Crippen molar-refractivity contribution in [3.05, 3.63) is 22.5 Å². The third-order valence-corrected chi connectivity index (χ3v) is 2.74. The number of halogens is 3. The molecule has 1 N–H and O–H groups in total. The largest absolute Gasteiger partial charge is 0.477 e. The van der Waals surface area contributed by atoms with Crippen LogP contribution in [0.25, 0.3) is 0 Å². The maximum atomic E-state index is 12.8. The molecule has 0 amide bonds. The highest BCUT2D eigenvalue weighted by Gasteiger charge is 2.39. The summed E-state index contributed by atoms with van der Waals surface area (Å²) in [7, 11) is 1.14. The van der Waals surface area contributed by atoms with Gasteiger partial charge in [-0.2, -0.15) is 13.2 Å². The number of aromatic nitrogens is 1. The average molecular weight is 249 g/mol. The molecule has 17 heavy (non-hydrogen) atoms. The molecule has 0 fully saturated rings. The number of aromatic carboxylic acids is 1. The van der Waals surface area contributed by atoms with Crippen LogP contribution in [0, 0.1) is 6.92 Å². The molecule has 0 saturated carbocycles. The second-order valence-electron chi connectivity index (χ2n) is 3.91. The second kappa shape index (κ2) is 4.43. The summed E-state index contributed by atoms with van der Waals surface area (Å²) >= 11 is 0. The van der Waals surface area contributed by atoms with Crippen LogP contribution in [-0.2, 0) is 19.6 Å². The van der Waals surface area contributed by atoms with Crippen molar-refractivity contribution in [3.63, 3.8) is 0 Å². The van der Waals surface area contributed by atoms with E-state index in [2.05, 4.69) is 0 Å². The maximum absolute atomic E-state index is 12.8. The molecule has 96 valence electrons. The summed E-state index contributed by atoms with van der Waals surface area (Å²) in [4.78, 5) is 11.0. The number of alkyl halides is 3. The Morgan fingerprint density at radius 1 is 1.41 bits per heavy atom. The molecular weight excluding hydrogens is 235 g/mol. The van der Waals surface area contributed by atoms with Crippen LogP contribution in [-0.4, -0.2) is 15.6 Å². The van der Waals surface area contributed by atoms with E-state index in [0.717, 1.165) is 11.6 Å². The molecule has 0 unspecified atom stereocenters. The number of hydrogen-bond acceptors (Lipinski definition) is 1. The first kappa shape index (κ1) is 13.6. The monoisotopic (exact) mass is 249 g/mol. The van der Waals surface area contributed by atoms with Crippen molar-refractivity contribution in [2.24, 2.45) is 7.05 Å². The number of carboxylic acid groups (broad SMARTS) is 1. The third kappa shape index (κ3) is 2.30. The van der Waals surface area contributed by atoms with Crippen molar-refractivity contribution in [1.82, 2.24) is 4.57 Å². The lowest BCUT2D eigenvalue weighted by Gasteiger charge is -2.09. The van der Waals surface area contributed by atoms with Crippen molar-refractivity contribution in [2.75, 3.05) is 0 Å². The van der Waals surface area contributed by atoms with Gasteiger partial charge in [0.15, 0.2) is 0 Å². The molecule has 0 aliphatic carbocycles. The number of rotatable bonds is 3. The van der Waals surface area contributed by atoms with Crippen LogP contribution < -0.4 is 0 Å². The average Bonchev–Trinajstić information content (AvgIpc) is 2.37. The van der Waals surface area contributed by atoms with Gasteiger partial charge in [-0.25, -0.2) is 4.79 Å². The number of hydrogen-bond donors (Lipinski definition) is 1. The lowest BCUT2D eigenvalue weighted by Crippen LogP contribution is -2.15. The minimum Gasteiger partial charge on any atom is -0.477 e. The first-order valence-electron chi connectivity index (χ1n) is 5.20. The van der Waals surface area contributed by atoms with Crippen molar-refractivity contribution >= 4 is 5.97 Å². The number of carbonyl (C=O) groups is 1. The van der Waals surface area contributed by atoms with Gasteiger partial charge in [-0.3, -0.25) is 0 Å². The lowest BCUT2D eigenvalue weighted by atomic mass is 10.0. The van der Waals surface area contributed by atoms with Crippen LogP contribution >= 0.6 is 0 Å². The molecule has 1 heterocycles. The summed E-state index contributed by atoms with van der Waals surface area (Å²) < 4.78 is 39.1. The second-order valence-corrected chi connectivity index (χ2v) is 3.91. The van der Waals surface area contributed by atoms with Crippen LogP contribution in [0.5, 0.6) is 0 Å². The summed E-state index contributed by atoms with van der Waals surface area (Å²) in [5.41, 5.74) is -0.857. The van der Waals surface area contributed by atoms with E-state index in [9.17, 15) is 18.0 Å². The molecule has 1 aromatic rings. The van der Waals surface area contributed by atoms with E-state index < -0.39 is 17.8 Å². The van der Waals surface area contributed by atoms with Crippen molar-refractivity contribution in [3.8, 4) is 0 Å². The van der Waals surface area contributed by atoms with Crippen molar-refractivity contribution in [2.45, 2.75) is 32.9 Å². The topological polar surface area (TPSA) is 42.2 Å². The molecule has 1 aromatic heterocycles. The summed E-state index contributed by atoms with van der Waals surface area (Å²) in [5.74, 6) is -1.32. The smallest absolute Gasteiger partial charge is 0.431 e. The molecule has 1 rings (SSSR count). The Hall–Kier alpha value is -1.46. The van der Waals surface area contributed by atoms with E-state index >= 15 is 0 Å². The van der Waals surface area contributed by atoms with Crippen LogP contribution in [0.2, 0.25) is 0 Å². The molecule has 6 heteroatoms. The maximum Gasteiger partial charge on any atom is 0.431 e. The zero-order valence-electron chi connectivity index (χ0n) is 9.85. The highest BCUT2D eigenvalue weighted by atomic mass is 19.4. The Bertz CT molecular complexity index is 447. The molecule has 0 aliphatic heterocycles. The third-order valence-electron chi connectivity index (χ3n) is 2.74. The Morgan fingerprint density at radius 2 is 1.94 bits per heavy atom. The lowest BCUT2D eigenvalue weighted by molar-refractivity contribution is -0.143. The van der Waals surface area contributed by atoms with Crippen LogP contribution in [0.3, 0.4) is 0 Å². The molecule has 0 bridgehead atoms. The SMILES string of the molecule is CCCc1c(C)c(C(F)(F)F)n(C)c1C(=O)O. The van der Waals surface area contributed by atoms with Crippen LogP contribution in [0.4, 0.5) is 13.2 Å². The van der Waals surface area contributed by atoms with Crippen LogP contribution in [0.15, 0.2) is 0 Å². The molecule has 0 aromatic carbocycles. The Balaban J connectivity index is 3.56. The van der Waals surface area contributed by atoms with Gasteiger partial charge < -0.3 is 9.67 Å². The summed E-state index contributed by atoms with van der Waals surface area (Å²) in [6.45, 7) is 3.12. The minimum absolute atomic E-state index is 0.0132. The van der Waals surface area contributed by atoms with E-state index in [4.69, 9.17) is 5.11 Å². The summed E-state index contributed by atoms with van der Waals surface area (Å²) in [6, 6.07) is 0. The molecule has 0 radical (unpaired) electrons. The van der Waals surface area contributed by atoms with Gasteiger partial charge in [0.25, 0.3) is 0 Å². The number of carboxylic acids is 1. The molecule has 0 atom stereocenters. The van der Waals surface area contributed by atoms with E-state index in [1.807, 2.05) is 0 Å². The van der Waals surface area contributed by atoms with Gasteiger partial charge in [-0.1, -0.05) is 13.3 Å². The van der Waals surface area contributed by atoms with E-state index in [-0.39, 0.29) is 16.8 Å². The standard InChI is InChI=1S/C11H14F3NO2/c1-4-5-7-6(2)9(11(12,13)14)15(3)8(7)10(16)17/h4-5H2,1-3H3,(H,16,17). The first-order chi connectivity index (χ1) is 7.71. The van der Waals surface area contributed by atoms with Gasteiger partial charge in [0.2, 0.25) is 0 Å². The number of nitrogens with zero attached hydrogens (tertiary/aromatic N) is 1. The predicted molar refractivity (Wildman–Crippen MR) is 56.1 cm³/mol. The molecule has 0 aliphatic rings. The quantitative estimate of drug-likeness (QED) is 0.894. The fourth-order valence-electron chi connectivity index (χ4n) is 2.12. The molecule has 0 spiro atoms. The predicted octanol–water partition coefficient (Wildman–Crippen LogP) is 3.00. The normalized spacial score (nSPS) is 11.9. The van der Waals surface area contributed by atoms with Gasteiger partial charge in [-0.05, 0) is 24.5 Å². The Morgan fingerprint density at radius 3 is 2.29 bits per heavy atom. The zero-order chi connectivity index (χ0) is 13.4. The fraction of sp³-hybridized carbons (Fsp3) is 0.545. The van der Waals surface area contributed by atoms with Gasteiger partial charge >= 0.3 is 12.1 Å². The molecule has 3 nitrogen and oxygen atoms in total. The van der Waals surface area contributed by atoms with Crippen molar-refractivity contribution < 1.29 is 23.1 Å². The van der Waals surface area contributed by atoms with E-state index in [1.54, 1.807) is 6.92 Å². The van der Waals surface area contributed by atoms with E-state index in [1.165, 1.54) is 6.92 Å². The molecule has 0 saturated heterocycles. The highest BCUT2D eigenvalue weighted by molar-refractivity contribution is 5.88. The first-order valence-corrected chi connectivity index (χ1v) is 5.20. The summed E-state index contributed by atoms with van der Waals surface area (Å²) in [5, 5.41) is 8.99. The van der Waals surface area contributed by atoms with Crippen LogP contribution in [0.1, 0.15) is 40.7 Å². The van der Waals surface area contributed by atoms with Gasteiger partial charge in [0.05, 0.1) is 0 Å². The van der Waals surface area contributed by atoms with Gasteiger partial charge in [0.1, 0.15) is 11.4 Å².